The Morgan fingerprint density at radius 2 is 2.67 bits per heavy atom. The first-order valence-electron chi connectivity index (χ1n) is 2.41. The average molecular weight is 126 g/mol. The van der Waals surface area contributed by atoms with Crippen molar-refractivity contribution in [3.8, 4) is 5.88 Å². The fourth-order valence-electron chi connectivity index (χ4n) is 0.483. The molecule has 1 aromatic rings. The van der Waals surface area contributed by atoms with Gasteiger partial charge < -0.3 is 9.72 Å². The SMILES string of the molecule is COc1cnc(C=O)[nH]1. The minimum atomic E-state index is 0.284. The van der Waals surface area contributed by atoms with E-state index in [1.165, 1.54) is 13.3 Å². The highest BCUT2D eigenvalue weighted by molar-refractivity contribution is 5.68. The molecule has 0 spiro atoms. The number of aromatic nitrogens is 2. The summed E-state index contributed by atoms with van der Waals surface area (Å²) in [4.78, 5) is 16.3. The molecule has 0 radical (unpaired) electrons. The lowest BCUT2D eigenvalue weighted by molar-refractivity contribution is 0.111. The molecule has 1 N–H and O–H groups in total. The summed E-state index contributed by atoms with van der Waals surface area (Å²) >= 11 is 0. The number of aromatic amines is 1. The lowest BCUT2D eigenvalue weighted by Crippen LogP contribution is -1.83. The Bertz CT molecular complexity index is 206. The maximum atomic E-state index is 9.99. The Hall–Kier alpha value is -1.32. The molecule has 0 unspecified atom stereocenters. The van der Waals surface area contributed by atoms with Crippen LogP contribution < -0.4 is 4.74 Å². The second-order valence-electron chi connectivity index (χ2n) is 1.45. The second kappa shape index (κ2) is 2.30. The molecule has 1 rings (SSSR count). The third kappa shape index (κ3) is 1.07. The summed E-state index contributed by atoms with van der Waals surface area (Å²) in [7, 11) is 1.50. The number of aldehydes is 1. The van der Waals surface area contributed by atoms with Crippen LogP contribution in [-0.2, 0) is 0 Å². The molecule has 0 aliphatic heterocycles. The number of methoxy groups -OCH3 is 1. The molecule has 0 fully saturated rings. The van der Waals surface area contributed by atoms with Crippen LogP contribution in [0.5, 0.6) is 5.88 Å². The number of ether oxygens (including phenoxy) is 1. The molecule has 9 heavy (non-hydrogen) atoms. The Labute approximate surface area is 51.9 Å². The molecule has 48 valence electrons. The van der Waals surface area contributed by atoms with Gasteiger partial charge in [-0.3, -0.25) is 4.79 Å². The van der Waals surface area contributed by atoms with Gasteiger partial charge in [0.1, 0.15) is 0 Å². The number of nitrogens with zero attached hydrogens (tertiary/aromatic N) is 1. The quantitative estimate of drug-likeness (QED) is 0.577. The van der Waals surface area contributed by atoms with Crippen molar-refractivity contribution in [1.29, 1.82) is 0 Å². The van der Waals surface area contributed by atoms with Gasteiger partial charge >= 0.3 is 0 Å². The van der Waals surface area contributed by atoms with Gasteiger partial charge in [0, 0.05) is 0 Å². The summed E-state index contributed by atoms with van der Waals surface area (Å²) < 4.78 is 4.72. The van der Waals surface area contributed by atoms with Crippen LogP contribution in [0.1, 0.15) is 10.6 Å². The second-order valence-corrected chi connectivity index (χ2v) is 1.45. The normalized spacial score (nSPS) is 9.00. The van der Waals surface area contributed by atoms with Crippen LogP contribution in [0.25, 0.3) is 0 Å². The van der Waals surface area contributed by atoms with Crippen LogP contribution >= 0.6 is 0 Å². The van der Waals surface area contributed by atoms with Gasteiger partial charge in [-0.1, -0.05) is 0 Å². The van der Waals surface area contributed by atoms with E-state index >= 15 is 0 Å². The van der Waals surface area contributed by atoms with E-state index in [0.29, 0.717) is 12.2 Å². The van der Waals surface area contributed by atoms with Gasteiger partial charge in [-0.2, -0.15) is 0 Å². The summed E-state index contributed by atoms with van der Waals surface area (Å²) in [5.74, 6) is 0.781. The number of imidazole rings is 1. The van der Waals surface area contributed by atoms with E-state index in [9.17, 15) is 4.79 Å². The first kappa shape index (κ1) is 5.81. The van der Waals surface area contributed by atoms with Crippen LogP contribution in [0.4, 0.5) is 0 Å². The molecule has 4 heteroatoms. The predicted octanol–water partition coefficient (Wildman–Crippen LogP) is 0.231. The Kier molecular flexibility index (Phi) is 1.48. The Morgan fingerprint density at radius 1 is 1.89 bits per heavy atom. The molecule has 0 bridgehead atoms. The number of H-pyrrole nitrogens is 1. The highest BCUT2D eigenvalue weighted by Gasteiger charge is 1.94. The van der Waals surface area contributed by atoms with Gasteiger partial charge in [-0.15, -0.1) is 0 Å². The van der Waals surface area contributed by atoms with Gasteiger partial charge in [0.25, 0.3) is 0 Å². The highest BCUT2D eigenvalue weighted by atomic mass is 16.5. The zero-order chi connectivity index (χ0) is 6.69. The van der Waals surface area contributed by atoms with Gasteiger partial charge in [0.05, 0.1) is 13.3 Å². The highest BCUT2D eigenvalue weighted by Crippen LogP contribution is 2.01. The largest absolute Gasteiger partial charge is 0.481 e. The topological polar surface area (TPSA) is 55.0 Å². The van der Waals surface area contributed by atoms with E-state index in [0.717, 1.165) is 0 Å². The maximum absolute atomic E-state index is 9.99. The van der Waals surface area contributed by atoms with Crippen molar-refractivity contribution in [2.75, 3.05) is 7.11 Å². The maximum Gasteiger partial charge on any atom is 0.211 e. The fraction of sp³-hybridized carbons (Fsp3) is 0.200. The number of carbonyl (C=O) groups is 1. The first-order chi connectivity index (χ1) is 4.36. The van der Waals surface area contributed by atoms with Gasteiger partial charge in [0.15, 0.2) is 12.1 Å². The van der Waals surface area contributed by atoms with Crippen molar-refractivity contribution in [3.63, 3.8) is 0 Å². The summed E-state index contributed by atoms with van der Waals surface area (Å²) in [5.41, 5.74) is 0. The third-order valence-electron chi connectivity index (χ3n) is 0.904. The number of hydrogen-bond acceptors (Lipinski definition) is 3. The van der Waals surface area contributed by atoms with Crippen molar-refractivity contribution >= 4 is 6.29 Å². The molecule has 4 nitrogen and oxygen atoms in total. The minimum Gasteiger partial charge on any atom is -0.481 e. The van der Waals surface area contributed by atoms with Crippen molar-refractivity contribution in [2.45, 2.75) is 0 Å². The van der Waals surface area contributed by atoms with Crippen molar-refractivity contribution < 1.29 is 9.53 Å². The van der Waals surface area contributed by atoms with E-state index in [1.807, 2.05) is 0 Å². The van der Waals surface area contributed by atoms with Crippen LogP contribution in [-0.4, -0.2) is 23.4 Å². The molecule has 0 amide bonds. The average Bonchev–Trinajstić information content (AvgIpc) is 2.34. The van der Waals surface area contributed by atoms with Gasteiger partial charge in [0.2, 0.25) is 5.88 Å². The van der Waals surface area contributed by atoms with Crippen molar-refractivity contribution in [3.05, 3.63) is 12.0 Å². The van der Waals surface area contributed by atoms with Crippen molar-refractivity contribution in [2.24, 2.45) is 0 Å². The Morgan fingerprint density at radius 3 is 3.00 bits per heavy atom. The molecule has 1 aromatic heterocycles. The molecule has 0 aliphatic carbocycles. The van der Waals surface area contributed by atoms with Crippen LogP contribution in [0.2, 0.25) is 0 Å². The molecule has 0 aliphatic rings. The van der Waals surface area contributed by atoms with E-state index in [4.69, 9.17) is 4.74 Å². The summed E-state index contributed by atoms with van der Waals surface area (Å²) in [6.07, 6.45) is 2.08. The third-order valence-corrected chi connectivity index (χ3v) is 0.904. The van der Waals surface area contributed by atoms with E-state index < -0.39 is 0 Å². The standard InChI is InChI=1S/C5H6N2O2/c1-9-5-2-6-4(3-8)7-5/h2-3H,1H3,(H,6,7). The van der Waals surface area contributed by atoms with E-state index in [1.54, 1.807) is 0 Å². The zero-order valence-electron chi connectivity index (χ0n) is 4.92. The zero-order valence-corrected chi connectivity index (χ0v) is 4.92. The minimum absolute atomic E-state index is 0.284. The fourth-order valence-corrected chi connectivity index (χ4v) is 0.483. The van der Waals surface area contributed by atoms with Crippen LogP contribution in [0.3, 0.4) is 0 Å². The molecular formula is C5H6N2O2. The lowest BCUT2D eigenvalue weighted by atomic mass is 10.7. The lowest BCUT2D eigenvalue weighted by Gasteiger charge is -1.87. The molecule has 0 atom stereocenters. The number of rotatable bonds is 2. The summed E-state index contributed by atoms with van der Waals surface area (Å²) in [6, 6.07) is 0. The monoisotopic (exact) mass is 126 g/mol. The summed E-state index contributed by atoms with van der Waals surface area (Å²) in [6.45, 7) is 0. The van der Waals surface area contributed by atoms with Crippen molar-refractivity contribution in [1.82, 2.24) is 9.97 Å². The van der Waals surface area contributed by atoms with E-state index in [2.05, 4.69) is 9.97 Å². The molecule has 0 saturated heterocycles. The number of nitrogens with one attached hydrogen (secondary N) is 1. The van der Waals surface area contributed by atoms with Crippen LogP contribution in [0.15, 0.2) is 6.20 Å². The van der Waals surface area contributed by atoms with Crippen LogP contribution in [0, 0.1) is 0 Å². The first-order valence-corrected chi connectivity index (χ1v) is 2.41. The Balaban J connectivity index is 2.86. The van der Waals surface area contributed by atoms with Gasteiger partial charge in [-0.05, 0) is 0 Å². The molecule has 0 saturated carbocycles. The summed E-state index contributed by atoms with van der Waals surface area (Å²) in [5, 5.41) is 0. The predicted molar refractivity (Wildman–Crippen MR) is 30.5 cm³/mol. The number of carbonyl (C=O) groups excluding carboxylic acids is 1. The molecule has 1 heterocycles. The molecular weight excluding hydrogens is 120 g/mol. The van der Waals surface area contributed by atoms with Gasteiger partial charge in [-0.25, -0.2) is 4.98 Å². The smallest absolute Gasteiger partial charge is 0.211 e. The molecule has 0 aromatic carbocycles. The van der Waals surface area contributed by atoms with E-state index in [-0.39, 0.29) is 5.82 Å². The number of hydrogen-bond donors (Lipinski definition) is 1.